The summed E-state index contributed by atoms with van der Waals surface area (Å²) in [5, 5.41) is 3.46. The predicted octanol–water partition coefficient (Wildman–Crippen LogP) is 5.13. The van der Waals surface area contributed by atoms with Crippen LogP contribution in [0.1, 0.15) is 19.4 Å². The molecule has 6 nitrogen and oxygen atoms in total. The molecule has 2 aromatic heterocycles. The second-order valence-corrected chi connectivity index (χ2v) is 8.08. The molecular formula is C25H26N6. The Kier molecular flexibility index (Phi) is 5.89. The van der Waals surface area contributed by atoms with Crippen molar-refractivity contribution in [2.75, 3.05) is 17.3 Å². The van der Waals surface area contributed by atoms with Crippen molar-refractivity contribution >= 4 is 17.7 Å². The molecule has 156 valence electrons. The number of benzene rings is 2. The maximum Gasteiger partial charge on any atom is 0.231 e. The lowest BCUT2D eigenvalue weighted by Crippen LogP contribution is -2.34. The van der Waals surface area contributed by atoms with E-state index in [2.05, 4.69) is 53.4 Å². The maximum absolute atomic E-state index is 4.71. The van der Waals surface area contributed by atoms with Crippen LogP contribution in [0.2, 0.25) is 0 Å². The molecule has 0 aliphatic heterocycles. The third-order valence-corrected chi connectivity index (χ3v) is 4.94. The van der Waals surface area contributed by atoms with Gasteiger partial charge in [0.25, 0.3) is 0 Å². The molecular weight excluding hydrogens is 384 g/mol. The van der Waals surface area contributed by atoms with Crippen molar-refractivity contribution in [2.24, 2.45) is 0 Å². The molecule has 4 aromatic rings. The number of aromatic nitrogens is 4. The molecule has 0 aliphatic carbocycles. The van der Waals surface area contributed by atoms with Gasteiger partial charge in [-0.15, -0.1) is 0 Å². The smallest absolute Gasteiger partial charge is 0.231 e. The van der Waals surface area contributed by atoms with Gasteiger partial charge in [0.1, 0.15) is 5.82 Å². The monoisotopic (exact) mass is 410 g/mol. The minimum absolute atomic E-state index is 0.206. The van der Waals surface area contributed by atoms with E-state index < -0.39 is 0 Å². The molecule has 0 fully saturated rings. The Hall–Kier alpha value is -3.80. The zero-order valence-electron chi connectivity index (χ0n) is 18.0. The largest absolute Gasteiger partial charge is 0.349 e. The Labute approximate surface area is 183 Å². The molecule has 2 aromatic carbocycles. The Balaban J connectivity index is 1.53. The summed E-state index contributed by atoms with van der Waals surface area (Å²) in [7, 11) is 1.91. The van der Waals surface area contributed by atoms with Gasteiger partial charge in [-0.25, -0.2) is 15.0 Å². The SMILES string of the molecule is CN(c1ccnc(NC(C)(C)Cc2ccccc2)n1)c1nccc(-c2ccccc2)n1. The first-order valence-corrected chi connectivity index (χ1v) is 10.3. The molecule has 0 radical (unpaired) electrons. The van der Waals surface area contributed by atoms with E-state index in [1.807, 2.05) is 60.5 Å². The van der Waals surface area contributed by atoms with Crippen LogP contribution in [-0.2, 0) is 6.42 Å². The molecule has 0 unspecified atom stereocenters. The first kappa shape index (κ1) is 20.5. The summed E-state index contributed by atoms with van der Waals surface area (Å²) in [5.41, 5.74) is 2.97. The summed E-state index contributed by atoms with van der Waals surface area (Å²) < 4.78 is 0. The molecule has 0 saturated heterocycles. The lowest BCUT2D eigenvalue weighted by atomic mass is 9.95. The second kappa shape index (κ2) is 8.92. The van der Waals surface area contributed by atoms with Crippen LogP contribution in [0.25, 0.3) is 11.3 Å². The normalized spacial score (nSPS) is 11.2. The standard InChI is InChI=1S/C25H26N6/c1-25(2,18-19-10-6-4-7-11-19)30-23-26-17-15-22(29-23)31(3)24-27-16-14-21(28-24)20-12-8-5-9-13-20/h4-17H,18H2,1-3H3,(H,26,29,30). The van der Waals surface area contributed by atoms with Gasteiger partial charge in [-0.05, 0) is 38.0 Å². The van der Waals surface area contributed by atoms with Gasteiger partial charge in [-0.2, -0.15) is 4.98 Å². The summed E-state index contributed by atoms with van der Waals surface area (Å²) in [5.74, 6) is 1.87. The molecule has 0 spiro atoms. The van der Waals surface area contributed by atoms with Crippen LogP contribution in [0.15, 0.2) is 85.2 Å². The summed E-state index contributed by atoms with van der Waals surface area (Å²) in [6.07, 6.45) is 4.38. The Morgan fingerprint density at radius 3 is 2.23 bits per heavy atom. The molecule has 0 aliphatic rings. The zero-order chi connectivity index (χ0) is 21.7. The second-order valence-electron chi connectivity index (χ2n) is 8.08. The van der Waals surface area contributed by atoms with Gasteiger partial charge in [0.05, 0.1) is 5.69 Å². The van der Waals surface area contributed by atoms with E-state index in [1.165, 1.54) is 5.56 Å². The number of anilines is 3. The van der Waals surface area contributed by atoms with Gasteiger partial charge in [0, 0.05) is 30.5 Å². The predicted molar refractivity (Wildman–Crippen MR) is 125 cm³/mol. The average molecular weight is 411 g/mol. The van der Waals surface area contributed by atoms with Crippen LogP contribution in [0.4, 0.5) is 17.7 Å². The van der Waals surface area contributed by atoms with Crippen LogP contribution in [0, 0.1) is 0 Å². The fourth-order valence-corrected chi connectivity index (χ4v) is 3.43. The van der Waals surface area contributed by atoms with E-state index in [0.29, 0.717) is 11.9 Å². The topological polar surface area (TPSA) is 66.8 Å². The lowest BCUT2D eigenvalue weighted by molar-refractivity contribution is 0.558. The zero-order valence-corrected chi connectivity index (χ0v) is 18.0. The molecule has 0 saturated carbocycles. The van der Waals surface area contributed by atoms with Gasteiger partial charge in [-0.3, -0.25) is 4.90 Å². The minimum atomic E-state index is -0.206. The summed E-state index contributed by atoms with van der Waals surface area (Å²) >= 11 is 0. The molecule has 0 bridgehead atoms. The van der Waals surface area contributed by atoms with Gasteiger partial charge >= 0.3 is 0 Å². The number of rotatable bonds is 7. The Morgan fingerprint density at radius 2 is 1.48 bits per heavy atom. The molecule has 0 amide bonds. The highest BCUT2D eigenvalue weighted by atomic mass is 15.3. The average Bonchev–Trinajstić information content (AvgIpc) is 2.79. The summed E-state index contributed by atoms with van der Waals surface area (Å²) in [6.45, 7) is 4.29. The van der Waals surface area contributed by atoms with Crippen LogP contribution in [0.5, 0.6) is 0 Å². The fraction of sp³-hybridized carbons (Fsp3) is 0.200. The van der Waals surface area contributed by atoms with Gasteiger partial charge in [0.2, 0.25) is 11.9 Å². The van der Waals surface area contributed by atoms with E-state index in [1.54, 1.807) is 12.4 Å². The number of hydrogen-bond donors (Lipinski definition) is 1. The van der Waals surface area contributed by atoms with Crippen LogP contribution in [-0.4, -0.2) is 32.5 Å². The minimum Gasteiger partial charge on any atom is -0.349 e. The van der Waals surface area contributed by atoms with Gasteiger partial charge in [-0.1, -0.05) is 60.7 Å². The van der Waals surface area contributed by atoms with Crippen molar-refractivity contribution in [3.63, 3.8) is 0 Å². The fourth-order valence-electron chi connectivity index (χ4n) is 3.43. The third-order valence-electron chi connectivity index (χ3n) is 4.94. The van der Waals surface area contributed by atoms with Crippen molar-refractivity contribution < 1.29 is 0 Å². The van der Waals surface area contributed by atoms with Crippen LogP contribution < -0.4 is 10.2 Å². The van der Waals surface area contributed by atoms with E-state index in [0.717, 1.165) is 23.5 Å². The number of hydrogen-bond acceptors (Lipinski definition) is 6. The first-order valence-electron chi connectivity index (χ1n) is 10.3. The van der Waals surface area contributed by atoms with E-state index in [4.69, 9.17) is 9.97 Å². The molecule has 0 atom stereocenters. The van der Waals surface area contributed by atoms with Crippen molar-refractivity contribution in [3.05, 3.63) is 90.8 Å². The highest BCUT2D eigenvalue weighted by molar-refractivity contribution is 5.62. The molecule has 31 heavy (non-hydrogen) atoms. The number of nitrogens with zero attached hydrogens (tertiary/aromatic N) is 5. The molecule has 1 N–H and O–H groups in total. The Bertz CT molecular complexity index is 1130. The van der Waals surface area contributed by atoms with Crippen molar-refractivity contribution in [1.82, 2.24) is 19.9 Å². The first-order chi connectivity index (χ1) is 15.0. The maximum atomic E-state index is 4.71. The van der Waals surface area contributed by atoms with Crippen molar-refractivity contribution in [3.8, 4) is 11.3 Å². The summed E-state index contributed by atoms with van der Waals surface area (Å²) in [6, 6.07) is 24.2. The number of nitrogens with one attached hydrogen (secondary N) is 1. The molecule has 6 heteroatoms. The van der Waals surface area contributed by atoms with Crippen LogP contribution >= 0.6 is 0 Å². The van der Waals surface area contributed by atoms with Crippen LogP contribution in [0.3, 0.4) is 0 Å². The lowest BCUT2D eigenvalue weighted by Gasteiger charge is -2.27. The summed E-state index contributed by atoms with van der Waals surface area (Å²) in [4.78, 5) is 20.1. The van der Waals surface area contributed by atoms with Crippen molar-refractivity contribution in [2.45, 2.75) is 25.8 Å². The van der Waals surface area contributed by atoms with Gasteiger partial charge in [0.15, 0.2) is 0 Å². The van der Waals surface area contributed by atoms with Gasteiger partial charge < -0.3 is 5.32 Å². The van der Waals surface area contributed by atoms with E-state index >= 15 is 0 Å². The highest BCUT2D eigenvalue weighted by Gasteiger charge is 2.20. The highest BCUT2D eigenvalue weighted by Crippen LogP contribution is 2.23. The quantitative estimate of drug-likeness (QED) is 0.455. The van der Waals surface area contributed by atoms with E-state index in [-0.39, 0.29) is 5.54 Å². The van der Waals surface area contributed by atoms with E-state index in [9.17, 15) is 0 Å². The molecule has 4 rings (SSSR count). The Morgan fingerprint density at radius 1 is 0.806 bits per heavy atom. The third kappa shape index (κ3) is 5.22. The molecule has 2 heterocycles. The van der Waals surface area contributed by atoms with Crippen molar-refractivity contribution in [1.29, 1.82) is 0 Å².